The van der Waals surface area contributed by atoms with Crippen LogP contribution in [0.25, 0.3) is 0 Å². The maximum Gasteiger partial charge on any atom is 0.230 e. The van der Waals surface area contributed by atoms with Gasteiger partial charge in [0.2, 0.25) is 5.91 Å². The van der Waals surface area contributed by atoms with Gasteiger partial charge in [-0.2, -0.15) is 11.8 Å². The summed E-state index contributed by atoms with van der Waals surface area (Å²) in [6.45, 7) is 0.811. The first kappa shape index (κ1) is 11.3. The van der Waals surface area contributed by atoms with Crippen LogP contribution in [-0.2, 0) is 4.79 Å². The van der Waals surface area contributed by atoms with Crippen LogP contribution in [-0.4, -0.2) is 29.8 Å². The van der Waals surface area contributed by atoms with Crippen LogP contribution in [0.2, 0.25) is 0 Å². The predicted molar refractivity (Wildman–Crippen MR) is 54.4 cm³/mol. The molecule has 0 radical (unpaired) electrons. The van der Waals surface area contributed by atoms with Crippen molar-refractivity contribution in [1.29, 1.82) is 0 Å². The second-order valence-corrected chi connectivity index (χ2v) is 3.73. The van der Waals surface area contributed by atoms with Crippen LogP contribution in [0.4, 0.5) is 0 Å². The number of halogens is 1. The summed E-state index contributed by atoms with van der Waals surface area (Å²) in [5.74, 6) is 1.26. The predicted octanol–water partition coefficient (Wildman–Crippen LogP) is 1.64. The smallest absolute Gasteiger partial charge is 0.230 e. The Hall–Kier alpha value is 0.300. The molecular formula is C7H14BrNOS. The summed E-state index contributed by atoms with van der Waals surface area (Å²) in [6.07, 6.45) is 4.36. The van der Waals surface area contributed by atoms with Crippen molar-refractivity contribution in [2.45, 2.75) is 12.8 Å². The summed E-state index contributed by atoms with van der Waals surface area (Å²) in [4.78, 5) is 10.7. The molecule has 66 valence electrons. The molecule has 0 unspecified atom stereocenters. The summed E-state index contributed by atoms with van der Waals surface area (Å²) < 4.78 is 0. The number of thioether (sulfide) groups is 1. The molecule has 0 fully saturated rings. The number of alkyl halides is 1. The lowest BCUT2D eigenvalue weighted by Crippen LogP contribution is -2.25. The maximum absolute atomic E-state index is 10.7. The highest BCUT2D eigenvalue weighted by Crippen LogP contribution is 1.97. The number of rotatable bonds is 6. The molecule has 0 atom stereocenters. The van der Waals surface area contributed by atoms with Crippen molar-refractivity contribution in [3.05, 3.63) is 0 Å². The minimum absolute atomic E-state index is 0.0779. The van der Waals surface area contributed by atoms with Gasteiger partial charge in [-0.1, -0.05) is 15.9 Å². The van der Waals surface area contributed by atoms with Gasteiger partial charge in [0.05, 0.1) is 5.33 Å². The van der Waals surface area contributed by atoms with Crippen LogP contribution in [0.3, 0.4) is 0 Å². The quantitative estimate of drug-likeness (QED) is 0.565. The number of carbonyl (C=O) groups excluding carboxylic acids is 1. The first-order chi connectivity index (χ1) is 5.31. The van der Waals surface area contributed by atoms with Crippen LogP contribution in [0.5, 0.6) is 0 Å². The lowest BCUT2D eigenvalue weighted by atomic mass is 10.3. The van der Waals surface area contributed by atoms with E-state index in [2.05, 4.69) is 27.5 Å². The van der Waals surface area contributed by atoms with Gasteiger partial charge >= 0.3 is 0 Å². The van der Waals surface area contributed by atoms with E-state index in [1.165, 1.54) is 12.2 Å². The minimum atomic E-state index is 0.0779. The third-order valence-corrected chi connectivity index (χ3v) is 2.42. The van der Waals surface area contributed by atoms with Gasteiger partial charge in [-0.25, -0.2) is 0 Å². The Balaban J connectivity index is 2.95. The van der Waals surface area contributed by atoms with Gasteiger partial charge in [0.1, 0.15) is 0 Å². The molecule has 0 heterocycles. The standard InChI is InChI=1S/C7H14BrNOS/c1-11-5-3-2-4-9-7(10)6-8/h2-6H2,1H3,(H,9,10). The molecule has 0 aromatic carbocycles. The molecule has 0 bridgehead atoms. The fourth-order valence-electron chi connectivity index (χ4n) is 0.646. The Kier molecular flexibility index (Phi) is 8.63. The number of hydrogen-bond acceptors (Lipinski definition) is 2. The highest BCUT2D eigenvalue weighted by Gasteiger charge is 1.94. The van der Waals surface area contributed by atoms with E-state index in [-0.39, 0.29) is 5.91 Å². The van der Waals surface area contributed by atoms with E-state index in [0.29, 0.717) is 5.33 Å². The molecule has 0 aliphatic rings. The number of unbranched alkanes of at least 4 members (excludes halogenated alkanes) is 1. The molecule has 0 aromatic heterocycles. The zero-order chi connectivity index (χ0) is 8.53. The van der Waals surface area contributed by atoms with Crippen molar-refractivity contribution in [3.8, 4) is 0 Å². The summed E-state index contributed by atoms with van der Waals surface area (Å²) in [6, 6.07) is 0. The van der Waals surface area contributed by atoms with Crippen molar-refractivity contribution >= 4 is 33.6 Å². The van der Waals surface area contributed by atoms with E-state index >= 15 is 0 Å². The van der Waals surface area contributed by atoms with Crippen LogP contribution >= 0.6 is 27.7 Å². The molecular weight excluding hydrogens is 226 g/mol. The molecule has 11 heavy (non-hydrogen) atoms. The monoisotopic (exact) mass is 239 g/mol. The van der Waals surface area contributed by atoms with Gasteiger partial charge in [0.15, 0.2) is 0 Å². The topological polar surface area (TPSA) is 29.1 Å². The fraction of sp³-hybridized carbons (Fsp3) is 0.857. The minimum Gasteiger partial charge on any atom is -0.355 e. The molecule has 0 rings (SSSR count). The number of carbonyl (C=O) groups is 1. The molecule has 0 aromatic rings. The van der Waals surface area contributed by atoms with Crippen molar-refractivity contribution in [2.75, 3.05) is 23.9 Å². The van der Waals surface area contributed by atoms with Gasteiger partial charge in [0.25, 0.3) is 0 Å². The Bertz CT molecular complexity index is 111. The Morgan fingerprint density at radius 1 is 1.55 bits per heavy atom. The molecule has 0 saturated heterocycles. The molecule has 4 heteroatoms. The zero-order valence-corrected chi connectivity index (χ0v) is 9.13. The Labute approximate surface area is 80.6 Å². The van der Waals surface area contributed by atoms with Gasteiger partial charge in [-0.15, -0.1) is 0 Å². The molecule has 0 aliphatic heterocycles. The third kappa shape index (κ3) is 8.20. The van der Waals surface area contributed by atoms with Crippen LogP contribution in [0.15, 0.2) is 0 Å². The second kappa shape index (κ2) is 8.40. The highest BCUT2D eigenvalue weighted by atomic mass is 79.9. The average molecular weight is 240 g/mol. The normalized spacial score (nSPS) is 9.64. The van der Waals surface area contributed by atoms with E-state index in [1.54, 1.807) is 0 Å². The van der Waals surface area contributed by atoms with E-state index in [1.807, 2.05) is 11.8 Å². The van der Waals surface area contributed by atoms with Gasteiger partial charge in [-0.05, 0) is 24.9 Å². The van der Waals surface area contributed by atoms with Crippen molar-refractivity contribution in [2.24, 2.45) is 0 Å². The van der Waals surface area contributed by atoms with E-state index in [9.17, 15) is 4.79 Å². The number of amides is 1. The first-order valence-electron chi connectivity index (χ1n) is 3.63. The fourth-order valence-corrected chi connectivity index (χ4v) is 1.34. The van der Waals surface area contributed by atoms with Gasteiger partial charge in [0, 0.05) is 6.54 Å². The van der Waals surface area contributed by atoms with Crippen LogP contribution in [0.1, 0.15) is 12.8 Å². The average Bonchev–Trinajstić information content (AvgIpc) is 2.04. The molecule has 0 spiro atoms. The van der Waals surface area contributed by atoms with Crippen molar-refractivity contribution < 1.29 is 4.79 Å². The van der Waals surface area contributed by atoms with Gasteiger partial charge in [-0.3, -0.25) is 4.79 Å². The molecule has 0 saturated carbocycles. The van der Waals surface area contributed by atoms with Crippen molar-refractivity contribution in [1.82, 2.24) is 5.32 Å². The highest BCUT2D eigenvalue weighted by molar-refractivity contribution is 9.09. The molecule has 0 aliphatic carbocycles. The maximum atomic E-state index is 10.7. The summed E-state index contributed by atoms with van der Waals surface area (Å²) in [5.41, 5.74) is 0. The Morgan fingerprint density at radius 3 is 2.82 bits per heavy atom. The largest absolute Gasteiger partial charge is 0.355 e. The SMILES string of the molecule is CSCCCCNC(=O)CBr. The lowest BCUT2D eigenvalue weighted by Gasteiger charge is -2.01. The first-order valence-corrected chi connectivity index (χ1v) is 6.14. The lowest BCUT2D eigenvalue weighted by molar-refractivity contribution is -0.118. The molecule has 1 amide bonds. The van der Waals surface area contributed by atoms with Crippen molar-refractivity contribution in [3.63, 3.8) is 0 Å². The van der Waals surface area contributed by atoms with E-state index in [4.69, 9.17) is 0 Å². The second-order valence-electron chi connectivity index (χ2n) is 2.18. The summed E-state index contributed by atoms with van der Waals surface area (Å²) in [7, 11) is 0. The van der Waals surface area contributed by atoms with E-state index in [0.717, 1.165) is 13.0 Å². The molecule has 1 N–H and O–H groups in total. The van der Waals surface area contributed by atoms with Gasteiger partial charge < -0.3 is 5.32 Å². The number of hydrogen-bond donors (Lipinski definition) is 1. The third-order valence-electron chi connectivity index (χ3n) is 1.22. The van der Waals surface area contributed by atoms with E-state index < -0.39 is 0 Å². The zero-order valence-electron chi connectivity index (χ0n) is 6.73. The van der Waals surface area contributed by atoms with Crippen LogP contribution < -0.4 is 5.32 Å². The number of nitrogens with one attached hydrogen (secondary N) is 1. The van der Waals surface area contributed by atoms with Crippen LogP contribution in [0, 0.1) is 0 Å². The summed E-state index contributed by atoms with van der Waals surface area (Å²) >= 11 is 4.93. The molecule has 2 nitrogen and oxygen atoms in total. The Morgan fingerprint density at radius 2 is 2.27 bits per heavy atom. The summed E-state index contributed by atoms with van der Waals surface area (Å²) in [5, 5.41) is 3.21.